The van der Waals surface area contributed by atoms with Crippen molar-refractivity contribution in [2.24, 2.45) is 0 Å². The SMILES string of the molecule is Cc1cc(Br)c(NC(=O)COC(=O)CCc2nc3ccccc3s2)c(Br)c1. The van der Waals surface area contributed by atoms with Gasteiger partial charge in [0.2, 0.25) is 0 Å². The van der Waals surface area contributed by atoms with Gasteiger partial charge in [-0.3, -0.25) is 9.59 Å². The van der Waals surface area contributed by atoms with E-state index in [2.05, 4.69) is 42.2 Å². The lowest BCUT2D eigenvalue weighted by atomic mass is 10.2. The number of esters is 1. The van der Waals surface area contributed by atoms with E-state index in [1.807, 2.05) is 43.3 Å². The molecule has 1 aromatic heterocycles. The fraction of sp³-hybridized carbons (Fsp3) is 0.211. The number of carbonyl (C=O) groups excluding carboxylic acids is 2. The number of anilines is 1. The smallest absolute Gasteiger partial charge is 0.306 e. The van der Waals surface area contributed by atoms with Gasteiger partial charge in [0.1, 0.15) is 0 Å². The Morgan fingerprint density at radius 2 is 1.89 bits per heavy atom. The van der Waals surface area contributed by atoms with Crippen molar-refractivity contribution in [3.05, 3.63) is 55.9 Å². The minimum Gasteiger partial charge on any atom is -0.456 e. The first kappa shape index (κ1) is 20.0. The van der Waals surface area contributed by atoms with Gasteiger partial charge in [0.25, 0.3) is 5.91 Å². The Labute approximate surface area is 177 Å². The minimum atomic E-state index is -0.425. The van der Waals surface area contributed by atoms with Crippen molar-refractivity contribution in [2.45, 2.75) is 19.8 Å². The molecular formula is C19H16Br2N2O3S. The second-order valence-electron chi connectivity index (χ2n) is 5.89. The van der Waals surface area contributed by atoms with Gasteiger partial charge in [-0.05, 0) is 68.6 Å². The molecule has 3 aromatic rings. The van der Waals surface area contributed by atoms with Crippen LogP contribution in [-0.4, -0.2) is 23.5 Å². The van der Waals surface area contributed by atoms with E-state index >= 15 is 0 Å². The molecule has 0 fully saturated rings. The number of thiazole rings is 1. The standard InChI is InChI=1S/C19H16Br2N2O3S/c1-11-8-12(20)19(13(21)9-11)23-16(24)10-26-18(25)7-6-17-22-14-4-2-3-5-15(14)27-17/h2-5,8-9H,6-7,10H2,1H3,(H,23,24). The molecule has 0 aliphatic heterocycles. The summed E-state index contributed by atoms with van der Waals surface area (Å²) in [5.41, 5.74) is 2.59. The minimum absolute atomic E-state index is 0.186. The van der Waals surface area contributed by atoms with Gasteiger partial charge in [-0.2, -0.15) is 0 Å². The van der Waals surface area contributed by atoms with Gasteiger partial charge in [0, 0.05) is 15.4 Å². The Kier molecular flexibility index (Phi) is 6.62. The van der Waals surface area contributed by atoms with Crippen molar-refractivity contribution in [2.75, 3.05) is 11.9 Å². The number of benzene rings is 2. The Balaban J connectivity index is 1.48. The van der Waals surface area contributed by atoms with Crippen LogP contribution >= 0.6 is 43.2 Å². The topological polar surface area (TPSA) is 68.3 Å². The van der Waals surface area contributed by atoms with Crippen LogP contribution in [0, 0.1) is 6.92 Å². The molecule has 0 saturated carbocycles. The summed E-state index contributed by atoms with van der Waals surface area (Å²) < 4.78 is 7.67. The fourth-order valence-corrected chi connectivity index (χ4v) is 5.03. The molecule has 1 heterocycles. The van der Waals surface area contributed by atoms with Gasteiger partial charge in [0.05, 0.1) is 27.3 Å². The number of nitrogens with zero attached hydrogens (tertiary/aromatic N) is 1. The average molecular weight is 512 g/mol. The monoisotopic (exact) mass is 510 g/mol. The molecule has 0 saturated heterocycles. The van der Waals surface area contributed by atoms with Crippen molar-refractivity contribution >= 4 is 71.0 Å². The lowest BCUT2D eigenvalue weighted by Gasteiger charge is -2.11. The average Bonchev–Trinajstić information content (AvgIpc) is 3.04. The van der Waals surface area contributed by atoms with Crippen LogP contribution in [-0.2, 0) is 20.7 Å². The number of fused-ring (bicyclic) bond motifs is 1. The summed E-state index contributed by atoms with van der Waals surface area (Å²) in [6.07, 6.45) is 0.680. The molecule has 140 valence electrons. The molecule has 0 aliphatic rings. The van der Waals surface area contributed by atoms with Crippen molar-refractivity contribution in [3.63, 3.8) is 0 Å². The number of nitrogens with one attached hydrogen (secondary N) is 1. The molecule has 0 aliphatic carbocycles. The third-order valence-corrected chi connectivity index (χ3v) is 6.04. The first-order valence-corrected chi connectivity index (χ1v) is 10.6. The zero-order valence-electron chi connectivity index (χ0n) is 14.4. The highest BCUT2D eigenvalue weighted by Crippen LogP contribution is 2.32. The molecule has 0 radical (unpaired) electrons. The van der Waals surface area contributed by atoms with Crippen molar-refractivity contribution < 1.29 is 14.3 Å². The summed E-state index contributed by atoms with van der Waals surface area (Å²) >= 11 is 8.39. The van der Waals surface area contributed by atoms with Crippen LogP contribution in [0.15, 0.2) is 45.3 Å². The van der Waals surface area contributed by atoms with Crippen LogP contribution in [0.5, 0.6) is 0 Å². The number of carbonyl (C=O) groups is 2. The molecule has 0 bridgehead atoms. The first-order chi connectivity index (χ1) is 12.9. The third-order valence-electron chi connectivity index (χ3n) is 3.70. The van der Waals surface area contributed by atoms with E-state index < -0.39 is 11.9 Å². The van der Waals surface area contributed by atoms with Gasteiger partial charge >= 0.3 is 5.97 Å². The van der Waals surface area contributed by atoms with E-state index in [0.29, 0.717) is 12.1 Å². The summed E-state index contributed by atoms with van der Waals surface area (Å²) in [5.74, 6) is -0.819. The van der Waals surface area contributed by atoms with Crippen LogP contribution in [0.1, 0.15) is 17.0 Å². The number of hydrogen-bond acceptors (Lipinski definition) is 5. The molecule has 1 amide bonds. The summed E-state index contributed by atoms with van der Waals surface area (Å²) in [7, 11) is 0. The van der Waals surface area contributed by atoms with Crippen LogP contribution in [0.2, 0.25) is 0 Å². The number of amides is 1. The molecule has 2 aromatic carbocycles. The highest BCUT2D eigenvalue weighted by molar-refractivity contribution is 9.11. The summed E-state index contributed by atoms with van der Waals surface area (Å²) in [5, 5.41) is 3.61. The van der Waals surface area contributed by atoms with E-state index in [0.717, 1.165) is 29.7 Å². The quantitative estimate of drug-likeness (QED) is 0.459. The van der Waals surface area contributed by atoms with Crippen molar-refractivity contribution in [1.29, 1.82) is 0 Å². The van der Waals surface area contributed by atoms with E-state index in [1.54, 1.807) is 11.3 Å². The molecular weight excluding hydrogens is 496 g/mol. The number of rotatable bonds is 6. The first-order valence-electron chi connectivity index (χ1n) is 8.18. The van der Waals surface area contributed by atoms with E-state index in [9.17, 15) is 9.59 Å². The molecule has 8 heteroatoms. The highest BCUT2D eigenvalue weighted by Gasteiger charge is 2.13. The van der Waals surface area contributed by atoms with E-state index in [-0.39, 0.29) is 13.0 Å². The molecule has 5 nitrogen and oxygen atoms in total. The predicted molar refractivity (Wildman–Crippen MR) is 114 cm³/mol. The maximum Gasteiger partial charge on any atom is 0.306 e. The Bertz CT molecular complexity index is 948. The molecule has 3 rings (SSSR count). The van der Waals surface area contributed by atoms with Crippen LogP contribution in [0.25, 0.3) is 10.2 Å². The molecule has 0 unspecified atom stereocenters. The van der Waals surface area contributed by atoms with Crippen LogP contribution in [0.4, 0.5) is 5.69 Å². The molecule has 27 heavy (non-hydrogen) atoms. The van der Waals surface area contributed by atoms with Gasteiger partial charge in [-0.1, -0.05) is 12.1 Å². The van der Waals surface area contributed by atoms with Gasteiger partial charge < -0.3 is 10.1 Å². The third kappa shape index (κ3) is 5.37. The van der Waals surface area contributed by atoms with E-state index in [1.165, 1.54) is 0 Å². The molecule has 0 spiro atoms. The Morgan fingerprint density at radius 1 is 1.19 bits per heavy atom. The lowest BCUT2D eigenvalue weighted by Crippen LogP contribution is -2.21. The number of halogens is 2. The summed E-state index contributed by atoms with van der Waals surface area (Å²) in [6.45, 7) is 1.62. The number of aryl methyl sites for hydroxylation is 2. The summed E-state index contributed by atoms with van der Waals surface area (Å²) in [4.78, 5) is 28.5. The molecule has 1 N–H and O–H groups in total. The number of ether oxygens (including phenoxy) is 1. The second-order valence-corrected chi connectivity index (χ2v) is 8.71. The lowest BCUT2D eigenvalue weighted by molar-refractivity contribution is -0.147. The van der Waals surface area contributed by atoms with Crippen molar-refractivity contribution in [1.82, 2.24) is 4.98 Å². The van der Waals surface area contributed by atoms with Gasteiger partial charge in [0.15, 0.2) is 6.61 Å². The second kappa shape index (κ2) is 8.95. The highest BCUT2D eigenvalue weighted by atomic mass is 79.9. The zero-order valence-corrected chi connectivity index (χ0v) is 18.4. The maximum atomic E-state index is 12.1. The largest absolute Gasteiger partial charge is 0.456 e. The van der Waals surface area contributed by atoms with E-state index in [4.69, 9.17) is 4.74 Å². The zero-order chi connectivity index (χ0) is 19.4. The molecule has 0 atom stereocenters. The van der Waals surface area contributed by atoms with Gasteiger partial charge in [-0.25, -0.2) is 4.98 Å². The van der Waals surface area contributed by atoms with Crippen LogP contribution < -0.4 is 5.32 Å². The maximum absolute atomic E-state index is 12.1. The number of aromatic nitrogens is 1. The fourth-order valence-electron chi connectivity index (χ4n) is 2.45. The Hall–Kier alpha value is -1.77. The van der Waals surface area contributed by atoms with Crippen molar-refractivity contribution in [3.8, 4) is 0 Å². The Morgan fingerprint density at radius 3 is 2.59 bits per heavy atom. The summed E-state index contributed by atoms with van der Waals surface area (Å²) in [6, 6.07) is 11.6. The van der Waals surface area contributed by atoms with Gasteiger partial charge in [-0.15, -0.1) is 11.3 Å². The predicted octanol–water partition coefficient (Wildman–Crippen LogP) is 5.24. The van der Waals surface area contributed by atoms with Crippen LogP contribution in [0.3, 0.4) is 0 Å². The normalized spacial score (nSPS) is 10.8. The number of para-hydroxylation sites is 1. The number of hydrogen-bond donors (Lipinski definition) is 1.